The molecule has 0 saturated carbocycles. The van der Waals surface area contributed by atoms with Crippen LogP contribution in [0.4, 0.5) is 5.82 Å². The van der Waals surface area contributed by atoms with E-state index in [0.717, 1.165) is 6.54 Å². The maximum atomic E-state index is 5.68. The zero-order valence-corrected chi connectivity index (χ0v) is 13.9. The highest BCUT2D eigenvalue weighted by molar-refractivity contribution is 5.45. The van der Waals surface area contributed by atoms with Gasteiger partial charge in [0.1, 0.15) is 0 Å². The summed E-state index contributed by atoms with van der Waals surface area (Å²) in [4.78, 5) is 8.56. The maximum absolute atomic E-state index is 5.68. The normalized spacial score (nSPS) is 10.8. The summed E-state index contributed by atoms with van der Waals surface area (Å²) in [5.74, 6) is 1.18. The van der Waals surface area contributed by atoms with Crippen molar-refractivity contribution in [3.05, 3.63) is 66.2 Å². The van der Waals surface area contributed by atoms with Crippen molar-refractivity contribution in [3.63, 3.8) is 0 Å². The van der Waals surface area contributed by atoms with Crippen LogP contribution in [0, 0.1) is 0 Å². The van der Waals surface area contributed by atoms with Crippen molar-refractivity contribution in [1.82, 2.24) is 19.7 Å². The number of aromatic nitrogens is 4. The van der Waals surface area contributed by atoms with Gasteiger partial charge in [-0.1, -0.05) is 24.3 Å². The van der Waals surface area contributed by atoms with Crippen molar-refractivity contribution in [2.75, 3.05) is 5.32 Å². The molecule has 0 spiro atoms. The number of rotatable bonds is 7. The van der Waals surface area contributed by atoms with Crippen molar-refractivity contribution in [3.8, 4) is 5.88 Å². The Morgan fingerprint density at radius 2 is 1.92 bits per heavy atom. The van der Waals surface area contributed by atoms with Gasteiger partial charge in [-0.2, -0.15) is 5.10 Å². The average molecular weight is 323 g/mol. The topological polar surface area (TPSA) is 64.9 Å². The predicted molar refractivity (Wildman–Crippen MR) is 92.9 cm³/mol. The van der Waals surface area contributed by atoms with Gasteiger partial charge >= 0.3 is 0 Å². The van der Waals surface area contributed by atoms with Crippen molar-refractivity contribution < 1.29 is 4.74 Å². The highest BCUT2D eigenvalue weighted by Crippen LogP contribution is 2.19. The highest BCUT2D eigenvalue weighted by atomic mass is 16.5. The lowest BCUT2D eigenvalue weighted by atomic mass is 10.1. The molecule has 2 aromatic heterocycles. The van der Waals surface area contributed by atoms with Crippen molar-refractivity contribution in [1.29, 1.82) is 0 Å². The van der Waals surface area contributed by atoms with Crippen molar-refractivity contribution in [2.24, 2.45) is 0 Å². The van der Waals surface area contributed by atoms with E-state index in [-0.39, 0.29) is 6.10 Å². The molecule has 124 valence electrons. The van der Waals surface area contributed by atoms with Crippen molar-refractivity contribution in [2.45, 2.75) is 33.0 Å². The van der Waals surface area contributed by atoms with Crippen LogP contribution in [-0.2, 0) is 13.1 Å². The fourth-order valence-electron chi connectivity index (χ4n) is 2.36. The zero-order valence-electron chi connectivity index (χ0n) is 13.9. The summed E-state index contributed by atoms with van der Waals surface area (Å²) in [6, 6.07) is 10.3. The second-order valence-electron chi connectivity index (χ2n) is 5.75. The summed E-state index contributed by atoms with van der Waals surface area (Å²) >= 11 is 0. The summed E-state index contributed by atoms with van der Waals surface area (Å²) < 4.78 is 7.59. The first-order valence-electron chi connectivity index (χ1n) is 7.97. The lowest BCUT2D eigenvalue weighted by molar-refractivity contribution is 0.233. The van der Waals surface area contributed by atoms with E-state index >= 15 is 0 Å². The summed E-state index contributed by atoms with van der Waals surface area (Å²) in [5.41, 5.74) is 2.37. The molecular formula is C18H21N5O. The molecule has 0 radical (unpaired) electrons. The number of anilines is 1. The number of benzene rings is 1. The Labute approximate surface area is 141 Å². The first kappa shape index (κ1) is 16.0. The van der Waals surface area contributed by atoms with Crippen LogP contribution in [0.15, 0.2) is 55.1 Å². The standard InChI is InChI=1S/C18H21N5O/c1-14(2)24-18-17(19-8-9-20-18)21-12-15-5-3-6-16(11-15)13-23-10-4-7-22-23/h3-11,14H,12-13H2,1-2H3,(H,19,21). The van der Waals surface area contributed by atoms with Crippen LogP contribution in [0.25, 0.3) is 0 Å². The van der Waals surface area contributed by atoms with E-state index in [1.54, 1.807) is 18.6 Å². The Bertz CT molecular complexity index is 771. The minimum Gasteiger partial charge on any atom is -0.472 e. The van der Waals surface area contributed by atoms with Gasteiger partial charge in [0, 0.05) is 31.3 Å². The number of nitrogens with one attached hydrogen (secondary N) is 1. The number of ether oxygens (including phenoxy) is 1. The van der Waals surface area contributed by atoms with Crippen LogP contribution < -0.4 is 10.1 Å². The third kappa shape index (κ3) is 4.32. The van der Waals surface area contributed by atoms with Gasteiger partial charge in [-0.3, -0.25) is 4.68 Å². The smallest absolute Gasteiger partial charge is 0.257 e. The summed E-state index contributed by atoms with van der Waals surface area (Å²) in [6.07, 6.45) is 7.09. The van der Waals surface area contributed by atoms with Crippen LogP contribution in [0.5, 0.6) is 5.88 Å². The van der Waals surface area contributed by atoms with Crippen LogP contribution in [0.3, 0.4) is 0 Å². The molecule has 0 aliphatic rings. The molecule has 2 heterocycles. The molecule has 0 amide bonds. The molecule has 6 heteroatoms. The summed E-state index contributed by atoms with van der Waals surface area (Å²) in [7, 11) is 0. The molecule has 24 heavy (non-hydrogen) atoms. The van der Waals surface area contributed by atoms with E-state index < -0.39 is 0 Å². The van der Waals surface area contributed by atoms with E-state index in [2.05, 4.69) is 44.6 Å². The molecule has 0 fully saturated rings. The fraction of sp³-hybridized carbons (Fsp3) is 0.278. The first-order valence-corrected chi connectivity index (χ1v) is 7.97. The number of hydrogen-bond donors (Lipinski definition) is 1. The monoisotopic (exact) mass is 323 g/mol. The Hall–Kier alpha value is -2.89. The second-order valence-corrected chi connectivity index (χ2v) is 5.75. The summed E-state index contributed by atoms with van der Waals surface area (Å²) in [6.45, 7) is 5.35. The van der Waals surface area contributed by atoms with E-state index in [4.69, 9.17) is 4.74 Å². The van der Waals surface area contributed by atoms with E-state index in [0.29, 0.717) is 18.2 Å². The van der Waals surface area contributed by atoms with Crippen LogP contribution in [0.2, 0.25) is 0 Å². The van der Waals surface area contributed by atoms with Gasteiger partial charge in [0.25, 0.3) is 5.88 Å². The van der Waals surface area contributed by atoms with Gasteiger partial charge in [-0.15, -0.1) is 0 Å². The fourth-order valence-corrected chi connectivity index (χ4v) is 2.36. The Morgan fingerprint density at radius 3 is 2.71 bits per heavy atom. The molecule has 3 aromatic rings. The number of hydrogen-bond acceptors (Lipinski definition) is 5. The lowest BCUT2D eigenvalue weighted by Gasteiger charge is -2.13. The molecule has 0 saturated heterocycles. The molecule has 0 aliphatic heterocycles. The Balaban J connectivity index is 1.67. The van der Waals surface area contributed by atoms with E-state index in [9.17, 15) is 0 Å². The van der Waals surface area contributed by atoms with Gasteiger partial charge in [-0.25, -0.2) is 9.97 Å². The third-order valence-corrected chi connectivity index (χ3v) is 3.37. The van der Waals surface area contributed by atoms with Gasteiger partial charge in [0.05, 0.1) is 12.6 Å². The zero-order chi connectivity index (χ0) is 16.8. The second kappa shape index (κ2) is 7.59. The molecule has 1 aromatic carbocycles. The Kier molecular flexibility index (Phi) is 5.05. The van der Waals surface area contributed by atoms with Gasteiger partial charge in [0.15, 0.2) is 5.82 Å². The quantitative estimate of drug-likeness (QED) is 0.724. The minimum absolute atomic E-state index is 0.0552. The minimum atomic E-state index is 0.0552. The molecule has 0 aliphatic carbocycles. The van der Waals surface area contributed by atoms with Crippen LogP contribution >= 0.6 is 0 Å². The van der Waals surface area contributed by atoms with Crippen LogP contribution in [0.1, 0.15) is 25.0 Å². The third-order valence-electron chi connectivity index (χ3n) is 3.37. The Morgan fingerprint density at radius 1 is 1.08 bits per heavy atom. The lowest BCUT2D eigenvalue weighted by Crippen LogP contribution is -2.11. The van der Waals surface area contributed by atoms with Crippen molar-refractivity contribution >= 4 is 5.82 Å². The maximum Gasteiger partial charge on any atom is 0.257 e. The van der Waals surface area contributed by atoms with Crippen LogP contribution in [-0.4, -0.2) is 25.9 Å². The molecule has 0 unspecified atom stereocenters. The van der Waals surface area contributed by atoms with Gasteiger partial charge in [0.2, 0.25) is 0 Å². The van der Waals surface area contributed by atoms with Gasteiger partial charge in [-0.05, 0) is 31.0 Å². The molecule has 1 N–H and O–H groups in total. The molecule has 0 bridgehead atoms. The van der Waals surface area contributed by atoms with E-state index in [1.807, 2.05) is 30.8 Å². The predicted octanol–water partition coefficient (Wildman–Crippen LogP) is 3.12. The molecule has 0 atom stereocenters. The molecule has 6 nitrogen and oxygen atoms in total. The van der Waals surface area contributed by atoms with E-state index in [1.165, 1.54) is 11.1 Å². The number of nitrogens with zero attached hydrogens (tertiary/aromatic N) is 4. The summed E-state index contributed by atoms with van der Waals surface area (Å²) in [5, 5.41) is 7.54. The highest BCUT2D eigenvalue weighted by Gasteiger charge is 2.08. The molecular weight excluding hydrogens is 302 g/mol. The average Bonchev–Trinajstić information content (AvgIpc) is 3.07. The largest absolute Gasteiger partial charge is 0.472 e. The van der Waals surface area contributed by atoms with Gasteiger partial charge < -0.3 is 10.1 Å². The molecule has 3 rings (SSSR count). The SMILES string of the molecule is CC(C)Oc1nccnc1NCc1cccc(Cn2cccn2)c1. The first-order chi connectivity index (χ1) is 11.7.